The van der Waals surface area contributed by atoms with E-state index in [-0.39, 0.29) is 28.9 Å². The Bertz CT molecular complexity index is 1100. The molecule has 0 aromatic heterocycles. The van der Waals surface area contributed by atoms with E-state index in [1.165, 1.54) is 36.4 Å². The van der Waals surface area contributed by atoms with Gasteiger partial charge in [0.05, 0.1) is 17.4 Å². The molecule has 0 fully saturated rings. The Labute approximate surface area is 176 Å². The van der Waals surface area contributed by atoms with Gasteiger partial charge in [0.25, 0.3) is 0 Å². The Morgan fingerprint density at radius 2 is 1.71 bits per heavy atom. The summed E-state index contributed by atoms with van der Waals surface area (Å²) in [6, 6.07) is 9.73. The molecule has 1 aliphatic heterocycles. The predicted molar refractivity (Wildman–Crippen MR) is 108 cm³/mol. The van der Waals surface area contributed by atoms with Crippen LogP contribution in [0.15, 0.2) is 59.8 Å². The zero-order chi connectivity index (χ0) is 22.6. The first-order valence-electron chi connectivity index (χ1n) is 9.77. The van der Waals surface area contributed by atoms with Gasteiger partial charge in [-0.1, -0.05) is 44.2 Å². The third-order valence-electron chi connectivity index (χ3n) is 5.56. The van der Waals surface area contributed by atoms with Gasteiger partial charge in [0.1, 0.15) is 5.82 Å². The highest BCUT2D eigenvalue weighted by molar-refractivity contribution is 6.07. The molecule has 1 aliphatic carbocycles. The van der Waals surface area contributed by atoms with Crippen LogP contribution in [0, 0.1) is 11.2 Å². The average molecular weight is 432 g/mol. The van der Waals surface area contributed by atoms with Crippen LogP contribution in [-0.2, 0) is 9.59 Å². The molecule has 1 amide bonds. The maximum Gasteiger partial charge on any atom is 0.471 e. The van der Waals surface area contributed by atoms with Crippen LogP contribution < -0.4 is 10.2 Å². The smallest absolute Gasteiger partial charge is 0.357 e. The summed E-state index contributed by atoms with van der Waals surface area (Å²) in [6.07, 6.45) is -4.79. The van der Waals surface area contributed by atoms with Gasteiger partial charge in [0.2, 0.25) is 0 Å². The first kappa shape index (κ1) is 21.1. The number of hydrogen-bond donors (Lipinski definition) is 1. The molecule has 0 spiro atoms. The van der Waals surface area contributed by atoms with Gasteiger partial charge in [-0.2, -0.15) is 13.2 Å². The number of nitrogens with zero attached hydrogens (tertiary/aromatic N) is 1. The van der Waals surface area contributed by atoms with Crippen molar-refractivity contribution in [3.8, 4) is 0 Å². The summed E-state index contributed by atoms with van der Waals surface area (Å²) >= 11 is 0. The van der Waals surface area contributed by atoms with E-state index in [9.17, 15) is 27.2 Å². The first-order valence-corrected chi connectivity index (χ1v) is 9.77. The Balaban J connectivity index is 2.06. The molecule has 8 heteroatoms. The highest BCUT2D eigenvalue weighted by Gasteiger charge is 2.50. The highest BCUT2D eigenvalue weighted by atomic mass is 19.4. The van der Waals surface area contributed by atoms with E-state index < -0.39 is 35.1 Å². The number of alkyl halides is 3. The topological polar surface area (TPSA) is 49.4 Å². The van der Waals surface area contributed by atoms with Crippen molar-refractivity contribution in [2.45, 2.75) is 38.9 Å². The molecule has 4 rings (SSSR count). The molecule has 2 aliphatic rings. The fourth-order valence-corrected chi connectivity index (χ4v) is 4.34. The fourth-order valence-electron chi connectivity index (χ4n) is 4.34. The van der Waals surface area contributed by atoms with Crippen molar-refractivity contribution in [2.24, 2.45) is 5.41 Å². The molecule has 0 bridgehead atoms. The summed E-state index contributed by atoms with van der Waals surface area (Å²) in [4.78, 5) is 26.4. The molecule has 0 saturated heterocycles. The predicted octanol–water partition coefficient (Wildman–Crippen LogP) is 5.53. The molecule has 31 heavy (non-hydrogen) atoms. The van der Waals surface area contributed by atoms with Gasteiger partial charge in [-0.25, -0.2) is 4.39 Å². The second-order valence-corrected chi connectivity index (χ2v) is 8.57. The third kappa shape index (κ3) is 3.71. The molecule has 162 valence electrons. The minimum atomic E-state index is -5.22. The van der Waals surface area contributed by atoms with Gasteiger partial charge >= 0.3 is 12.1 Å². The number of ketones is 1. The maximum atomic E-state index is 14.9. The van der Waals surface area contributed by atoms with Gasteiger partial charge in [-0.05, 0) is 30.0 Å². The number of nitrogens with one attached hydrogen (secondary N) is 1. The lowest BCUT2D eigenvalue weighted by molar-refractivity contribution is -0.170. The lowest BCUT2D eigenvalue weighted by atomic mass is 9.73. The van der Waals surface area contributed by atoms with Crippen LogP contribution in [0.5, 0.6) is 0 Å². The van der Waals surface area contributed by atoms with Gasteiger partial charge in [-0.15, -0.1) is 0 Å². The summed E-state index contributed by atoms with van der Waals surface area (Å²) in [5, 5.41) is 3.08. The van der Waals surface area contributed by atoms with Gasteiger partial charge in [0.15, 0.2) is 5.78 Å². The van der Waals surface area contributed by atoms with E-state index in [2.05, 4.69) is 5.32 Å². The number of anilines is 2. The lowest BCUT2D eigenvalue weighted by Crippen LogP contribution is -2.45. The minimum Gasteiger partial charge on any atom is -0.357 e. The molecular formula is C23H20F4N2O2. The van der Waals surface area contributed by atoms with Crippen molar-refractivity contribution in [2.75, 3.05) is 10.2 Å². The van der Waals surface area contributed by atoms with Crippen molar-refractivity contribution in [3.05, 3.63) is 71.2 Å². The summed E-state index contributed by atoms with van der Waals surface area (Å²) in [5.41, 5.74) is -0.0484. The number of amides is 1. The van der Waals surface area contributed by atoms with E-state index in [1.807, 2.05) is 13.8 Å². The number of halogens is 4. The Morgan fingerprint density at radius 3 is 2.39 bits per heavy atom. The standard InChI is InChI=1S/C23H20F4N2O2/c1-22(2)11-16-19(18(30)12-22)20(13-7-3-4-8-14(13)24)29(21(31)23(25,26)27)17-10-6-5-9-15(17)28-16/h3-10,20,28H,11-12H2,1-2H3. The van der Waals surface area contributed by atoms with Crippen molar-refractivity contribution >= 4 is 23.1 Å². The molecule has 1 atom stereocenters. The second kappa shape index (κ2) is 7.21. The number of carbonyl (C=O) groups is 2. The Kier molecular flexibility index (Phi) is 4.91. The molecule has 2 aromatic carbocycles. The van der Waals surface area contributed by atoms with Crippen molar-refractivity contribution in [1.29, 1.82) is 0 Å². The van der Waals surface area contributed by atoms with Crippen LogP contribution in [0.1, 0.15) is 38.3 Å². The highest BCUT2D eigenvalue weighted by Crippen LogP contribution is 2.49. The first-order chi connectivity index (χ1) is 14.5. The second-order valence-electron chi connectivity index (χ2n) is 8.57. The zero-order valence-corrected chi connectivity index (χ0v) is 16.9. The number of Topliss-reactive ketones (excluding diaryl/α,β-unsaturated/α-hetero) is 1. The minimum absolute atomic E-state index is 0.0155. The van der Waals surface area contributed by atoms with Gasteiger partial charge in [0, 0.05) is 23.3 Å². The molecule has 1 N–H and O–H groups in total. The van der Waals surface area contributed by atoms with Crippen LogP contribution in [0.25, 0.3) is 0 Å². The number of carbonyl (C=O) groups excluding carboxylic acids is 2. The number of fused-ring (bicyclic) bond motifs is 1. The Morgan fingerprint density at radius 1 is 1.06 bits per heavy atom. The van der Waals surface area contributed by atoms with E-state index in [0.29, 0.717) is 17.0 Å². The van der Waals surface area contributed by atoms with E-state index in [0.717, 1.165) is 6.07 Å². The zero-order valence-electron chi connectivity index (χ0n) is 16.9. The van der Waals surface area contributed by atoms with E-state index in [4.69, 9.17) is 0 Å². The summed E-state index contributed by atoms with van der Waals surface area (Å²) in [5.74, 6) is -3.38. The summed E-state index contributed by atoms with van der Waals surface area (Å²) in [7, 11) is 0. The molecular weight excluding hydrogens is 412 g/mol. The molecule has 4 nitrogen and oxygen atoms in total. The van der Waals surface area contributed by atoms with Crippen LogP contribution in [0.2, 0.25) is 0 Å². The monoisotopic (exact) mass is 432 g/mol. The number of rotatable bonds is 1. The van der Waals surface area contributed by atoms with Gasteiger partial charge in [-0.3, -0.25) is 14.5 Å². The van der Waals surface area contributed by atoms with E-state index >= 15 is 0 Å². The van der Waals surface area contributed by atoms with Crippen LogP contribution in [0.4, 0.5) is 28.9 Å². The number of hydrogen-bond acceptors (Lipinski definition) is 3. The Hall–Kier alpha value is -3.16. The molecule has 2 aromatic rings. The fraction of sp³-hybridized carbons (Fsp3) is 0.304. The number of benzene rings is 2. The number of allylic oxidation sites excluding steroid dienone is 1. The van der Waals surface area contributed by atoms with Crippen LogP contribution in [-0.4, -0.2) is 17.9 Å². The summed E-state index contributed by atoms with van der Waals surface area (Å²) < 4.78 is 55.9. The van der Waals surface area contributed by atoms with Crippen molar-refractivity contribution in [1.82, 2.24) is 0 Å². The average Bonchev–Trinajstić information content (AvgIpc) is 2.80. The van der Waals surface area contributed by atoms with Crippen molar-refractivity contribution < 1.29 is 27.2 Å². The quantitative estimate of drug-likeness (QED) is 0.603. The number of para-hydroxylation sites is 2. The molecule has 0 radical (unpaired) electrons. The lowest BCUT2D eigenvalue weighted by Gasteiger charge is -2.37. The molecule has 1 unspecified atom stereocenters. The normalized spacial score (nSPS) is 20.5. The van der Waals surface area contributed by atoms with E-state index in [1.54, 1.807) is 6.07 Å². The molecule has 1 heterocycles. The third-order valence-corrected chi connectivity index (χ3v) is 5.56. The summed E-state index contributed by atoms with van der Waals surface area (Å²) in [6.45, 7) is 3.76. The van der Waals surface area contributed by atoms with Crippen LogP contribution >= 0.6 is 0 Å². The maximum absolute atomic E-state index is 14.9. The van der Waals surface area contributed by atoms with Crippen LogP contribution in [0.3, 0.4) is 0 Å². The largest absolute Gasteiger partial charge is 0.471 e. The van der Waals surface area contributed by atoms with Crippen molar-refractivity contribution in [3.63, 3.8) is 0 Å². The SMILES string of the molecule is CC1(C)CC(=O)C2=C(C1)Nc1ccccc1N(C(=O)C(F)(F)F)C2c1ccccc1F. The molecule has 0 saturated carbocycles. The van der Waals surface area contributed by atoms with Gasteiger partial charge < -0.3 is 5.32 Å².